The van der Waals surface area contributed by atoms with Crippen molar-refractivity contribution in [2.45, 2.75) is 58.0 Å². The number of aliphatic hydroxyl groups is 1. The number of benzene rings is 2. The topological polar surface area (TPSA) is 66.8 Å². The lowest BCUT2D eigenvalue weighted by molar-refractivity contribution is -0.141. The molecule has 162 valence electrons. The molecule has 2 aromatic rings. The number of hydrogen-bond acceptors (Lipinski definition) is 4. The maximum absolute atomic E-state index is 13.2. The number of ether oxygens (including phenoxy) is 1. The summed E-state index contributed by atoms with van der Waals surface area (Å²) in [5.74, 6) is -0.518. The van der Waals surface area contributed by atoms with Crippen molar-refractivity contribution in [1.82, 2.24) is 4.90 Å². The first-order valence-corrected chi connectivity index (χ1v) is 10.9. The number of amides is 1. The smallest absolute Gasteiger partial charge is 0.295 e. The van der Waals surface area contributed by atoms with Gasteiger partial charge in [-0.05, 0) is 56.0 Å². The number of ketones is 1. The lowest BCUT2D eigenvalue weighted by Gasteiger charge is -2.35. The third-order valence-corrected chi connectivity index (χ3v) is 6.53. The van der Waals surface area contributed by atoms with Crippen molar-refractivity contribution in [3.8, 4) is 5.75 Å². The molecule has 2 fully saturated rings. The molecule has 0 aromatic heterocycles. The normalized spacial score (nSPS) is 21.5. The molecule has 1 N–H and O–H groups in total. The van der Waals surface area contributed by atoms with Crippen LogP contribution in [0.1, 0.15) is 60.4 Å². The van der Waals surface area contributed by atoms with Gasteiger partial charge < -0.3 is 14.7 Å². The quantitative estimate of drug-likeness (QED) is 0.427. The second-order valence-electron chi connectivity index (χ2n) is 8.59. The number of carbonyl (C=O) groups is 2. The molecule has 1 saturated carbocycles. The molecule has 1 saturated heterocycles. The summed E-state index contributed by atoms with van der Waals surface area (Å²) in [6.45, 7) is 3.84. The summed E-state index contributed by atoms with van der Waals surface area (Å²) >= 11 is 0. The predicted molar refractivity (Wildman–Crippen MR) is 120 cm³/mol. The SMILES string of the molecule is COc1ccc(C2/C(=C(\O)c3cc(C)ccc3C)C(=O)C(=O)N2C2CCCCC2)cc1. The third-order valence-electron chi connectivity index (χ3n) is 6.53. The number of aliphatic hydroxyl groups excluding tert-OH is 1. The highest BCUT2D eigenvalue weighted by atomic mass is 16.5. The van der Waals surface area contributed by atoms with Crippen LogP contribution < -0.4 is 4.74 Å². The minimum absolute atomic E-state index is 0.00112. The van der Waals surface area contributed by atoms with Crippen molar-refractivity contribution in [3.05, 3.63) is 70.3 Å². The molecule has 0 spiro atoms. The molecule has 1 heterocycles. The molecule has 1 unspecified atom stereocenters. The van der Waals surface area contributed by atoms with Crippen LogP contribution in [-0.4, -0.2) is 34.8 Å². The zero-order chi connectivity index (χ0) is 22.1. The Morgan fingerprint density at radius 1 is 1.00 bits per heavy atom. The number of Topliss-reactive ketones (excluding diaryl/α,β-unsaturated/α-hetero) is 1. The van der Waals surface area contributed by atoms with Crippen LogP contribution in [0.3, 0.4) is 0 Å². The number of likely N-dealkylation sites (tertiary alicyclic amines) is 1. The summed E-state index contributed by atoms with van der Waals surface area (Å²) in [5, 5.41) is 11.3. The summed E-state index contributed by atoms with van der Waals surface area (Å²) in [5.41, 5.74) is 3.42. The first-order valence-electron chi connectivity index (χ1n) is 10.9. The van der Waals surface area contributed by atoms with Crippen molar-refractivity contribution in [2.24, 2.45) is 0 Å². The number of hydrogen-bond donors (Lipinski definition) is 1. The minimum Gasteiger partial charge on any atom is -0.507 e. The number of aryl methyl sites for hydroxylation is 2. The zero-order valence-corrected chi connectivity index (χ0v) is 18.4. The monoisotopic (exact) mass is 419 g/mol. The predicted octanol–water partition coefficient (Wildman–Crippen LogP) is 5.07. The van der Waals surface area contributed by atoms with E-state index >= 15 is 0 Å². The Hall–Kier alpha value is -3.08. The van der Waals surface area contributed by atoms with E-state index in [1.54, 1.807) is 12.0 Å². The second kappa shape index (κ2) is 8.58. The Labute approximate surface area is 183 Å². The maximum Gasteiger partial charge on any atom is 0.295 e. The number of nitrogens with zero attached hydrogens (tertiary/aromatic N) is 1. The highest BCUT2D eigenvalue weighted by Gasteiger charge is 2.48. The Morgan fingerprint density at radius 2 is 1.68 bits per heavy atom. The van der Waals surface area contributed by atoms with E-state index in [4.69, 9.17) is 4.74 Å². The lowest BCUT2D eigenvalue weighted by Crippen LogP contribution is -2.40. The highest BCUT2D eigenvalue weighted by molar-refractivity contribution is 6.46. The van der Waals surface area contributed by atoms with Crippen LogP contribution in [0.4, 0.5) is 0 Å². The van der Waals surface area contributed by atoms with Crippen LogP contribution in [0.5, 0.6) is 5.75 Å². The zero-order valence-electron chi connectivity index (χ0n) is 18.4. The Kier molecular flexibility index (Phi) is 5.86. The van der Waals surface area contributed by atoms with Crippen LogP contribution in [0.25, 0.3) is 5.76 Å². The summed E-state index contributed by atoms with van der Waals surface area (Å²) in [6.07, 6.45) is 4.99. The molecule has 5 nitrogen and oxygen atoms in total. The van der Waals surface area contributed by atoms with Crippen molar-refractivity contribution in [2.75, 3.05) is 7.11 Å². The summed E-state index contributed by atoms with van der Waals surface area (Å²) < 4.78 is 5.28. The van der Waals surface area contributed by atoms with Crippen LogP contribution in [0, 0.1) is 13.8 Å². The Bertz CT molecular complexity index is 1030. The van der Waals surface area contributed by atoms with E-state index in [1.165, 1.54) is 0 Å². The molecular formula is C26H29NO4. The molecule has 0 radical (unpaired) electrons. The summed E-state index contributed by atoms with van der Waals surface area (Å²) in [6, 6.07) is 12.6. The van der Waals surface area contributed by atoms with Crippen LogP contribution in [0.2, 0.25) is 0 Å². The molecule has 1 aliphatic heterocycles. The van der Waals surface area contributed by atoms with Gasteiger partial charge in [0, 0.05) is 11.6 Å². The van der Waals surface area contributed by atoms with E-state index in [1.807, 2.05) is 56.3 Å². The molecule has 1 atom stereocenters. The molecule has 5 heteroatoms. The second-order valence-corrected chi connectivity index (χ2v) is 8.59. The van der Waals surface area contributed by atoms with Crippen molar-refractivity contribution in [1.29, 1.82) is 0 Å². The molecule has 31 heavy (non-hydrogen) atoms. The number of carbonyl (C=O) groups excluding carboxylic acids is 2. The first kappa shape index (κ1) is 21.2. The number of methoxy groups -OCH3 is 1. The molecule has 1 amide bonds. The third kappa shape index (κ3) is 3.85. The summed E-state index contributed by atoms with van der Waals surface area (Å²) in [4.78, 5) is 28.2. The first-order chi connectivity index (χ1) is 14.9. The largest absolute Gasteiger partial charge is 0.507 e. The van der Waals surface area contributed by atoms with Crippen LogP contribution in [0.15, 0.2) is 48.0 Å². The molecule has 1 aliphatic carbocycles. The summed E-state index contributed by atoms with van der Waals surface area (Å²) in [7, 11) is 1.60. The van der Waals surface area contributed by atoms with Gasteiger partial charge in [0.05, 0.1) is 18.7 Å². The molecule has 4 rings (SSSR count). The van der Waals surface area contributed by atoms with Gasteiger partial charge in [-0.1, -0.05) is 49.1 Å². The van der Waals surface area contributed by atoms with Crippen molar-refractivity contribution >= 4 is 17.4 Å². The molecule has 2 aromatic carbocycles. The van der Waals surface area contributed by atoms with E-state index in [2.05, 4.69) is 0 Å². The average Bonchev–Trinajstić information content (AvgIpc) is 3.06. The van der Waals surface area contributed by atoms with E-state index in [0.717, 1.165) is 48.8 Å². The van der Waals surface area contributed by atoms with Gasteiger partial charge in [0.15, 0.2) is 0 Å². The fourth-order valence-electron chi connectivity index (χ4n) is 4.84. The fourth-order valence-corrected chi connectivity index (χ4v) is 4.84. The lowest BCUT2D eigenvalue weighted by atomic mass is 9.90. The van der Waals surface area contributed by atoms with E-state index in [9.17, 15) is 14.7 Å². The van der Waals surface area contributed by atoms with Gasteiger partial charge in [-0.25, -0.2) is 0 Å². The van der Waals surface area contributed by atoms with Gasteiger partial charge in [-0.2, -0.15) is 0 Å². The van der Waals surface area contributed by atoms with Gasteiger partial charge >= 0.3 is 0 Å². The highest BCUT2D eigenvalue weighted by Crippen LogP contribution is 2.43. The molecule has 2 aliphatic rings. The molecule has 0 bridgehead atoms. The van der Waals surface area contributed by atoms with Gasteiger partial charge in [0.2, 0.25) is 0 Å². The van der Waals surface area contributed by atoms with Gasteiger partial charge in [-0.15, -0.1) is 0 Å². The fraction of sp³-hybridized carbons (Fsp3) is 0.385. The van der Waals surface area contributed by atoms with Gasteiger partial charge in [-0.3, -0.25) is 9.59 Å². The van der Waals surface area contributed by atoms with Gasteiger partial charge in [0.25, 0.3) is 11.7 Å². The molecular weight excluding hydrogens is 390 g/mol. The van der Waals surface area contributed by atoms with E-state index in [0.29, 0.717) is 11.3 Å². The standard InChI is InChI=1S/C26H29NO4/c1-16-9-10-17(2)21(15-16)24(28)22-23(18-11-13-20(31-3)14-12-18)27(26(30)25(22)29)19-7-5-4-6-8-19/h9-15,19,23,28H,4-8H2,1-3H3/b24-22+. The number of rotatable bonds is 4. The van der Waals surface area contributed by atoms with Crippen molar-refractivity contribution < 1.29 is 19.4 Å². The maximum atomic E-state index is 13.2. The van der Waals surface area contributed by atoms with Crippen LogP contribution in [-0.2, 0) is 9.59 Å². The minimum atomic E-state index is -0.607. The van der Waals surface area contributed by atoms with Crippen molar-refractivity contribution in [3.63, 3.8) is 0 Å². The van der Waals surface area contributed by atoms with Gasteiger partial charge in [0.1, 0.15) is 11.5 Å². The Balaban J connectivity index is 1.89. The van der Waals surface area contributed by atoms with Crippen LogP contribution >= 0.6 is 0 Å². The average molecular weight is 420 g/mol. The van der Waals surface area contributed by atoms with E-state index in [-0.39, 0.29) is 17.4 Å². The van der Waals surface area contributed by atoms with E-state index < -0.39 is 17.7 Å². The Morgan fingerprint density at radius 3 is 2.32 bits per heavy atom.